The van der Waals surface area contributed by atoms with Crippen LogP contribution in [0.1, 0.15) is 11.1 Å². The number of sulfone groups is 1. The maximum atomic E-state index is 12.4. The van der Waals surface area contributed by atoms with Crippen LogP contribution in [0.5, 0.6) is 0 Å². The molecule has 0 aliphatic heterocycles. The largest absolute Gasteiger partial charge is 0.417 e. The zero-order valence-electron chi connectivity index (χ0n) is 12.6. The van der Waals surface area contributed by atoms with Crippen LogP contribution in [0, 0.1) is 0 Å². The topological polar surface area (TPSA) is 88.5 Å². The Balaban J connectivity index is 2.00. The number of amides is 1. The van der Waals surface area contributed by atoms with Crippen molar-refractivity contribution < 1.29 is 26.4 Å². The van der Waals surface area contributed by atoms with Crippen LogP contribution in [0.3, 0.4) is 0 Å². The highest BCUT2D eigenvalue weighted by Gasteiger charge is 2.31. The molecule has 1 amide bonds. The van der Waals surface area contributed by atoms with Gasteiger partial charge in [0.25, 0.3) is 5.91 Å². The van der Waals surface area contributed by atoms with E-state index >= 15 is 0 Å². The van der Waals surface area contributed by atoms with Gasteiger partial charge in [0, 0.05) is 6.20 Å². The van der Waals surface area contributed by atoms with Crippen LogP contribution in [0.4, 0.5) is 13.2 Å². The number of rotatable bonds is 5. The van der Waals surface area contributed by atoms with Crippen LogP contribution < -0.4 is 5.43 Å². The second-order valence-electron chi connectivity index (χ2n) is 4.85. The van der Waals surface area contributed by atoms with Gasteiger partial charge >= 0.3 is 6.18 Å². The van der Waals surface area contributed by atoms with Crippen molar-refractivity contribution in [2.45, 2.75) is 11.2 Å². The number of benzene rings is 1. The van der Waals surface area contributed by atoms with Gasteiger partial charge in [0.2, 0.25) is 9.84 Å². The molecular formula is C15H12F3N3O3S. The summed E-state index contributed by atoms with van der Waals surface area (Å²) in [6.45, 7) is 0. The molecule has 0 saturated heterocycles. The number of halogens is 3. The smallest absolute Gasteiger partial charge is 0.272 e. The Morgan fingerprint density at radius 2 is 1.84 bits per heavy atom. The van der Waals surface area contributed by atoms with E-state index in [0.717, 1.165) is 0 Å². The minimum atomic E-state index is -4.63. The Labute approximate surface area is 141 Å². The summed E-state index contributed by atoms with van der Waals surface area (Å²) in [6.07, 6.45) is -2.90. The van der Waals surface area contributed by atoms with Gasteiger partial charge in [0.1, 0.15) is 5.75 Å². The van der Waals surface area contributed by atoms with E-state index in [4.69, 9.17) is 0 Å². The Kier molecular flexibility index (Phi) is 5.52. The number of carbonyl (C=O) groups excluding carboxylic acids is 1. The van der Waals surface area contributed by atoms with Crippen molar-refractivity contribution in [2.24, 2.45) is 5.10 Å². The minimum absolute atomic E-state index is 0.401. The standard InChI is InChI=1S/C15H12F3N3O3S/c16-15(17,18)12-6-7-14(19-9-12)25(23,24)10-13(22)21-20-8-11-4-2-1-3-5-11/h1-9H,10H2,(H,21,22)/b20-8+. The molecule has 1 aromatic heterocycles. The lowest BCUT2D eigenvalue weighted by molar-refractivity contribution is -0.137. The summed E-state index contributed by atoms with van der Waals surface area (Å²) in [5.41, 5.74) is 1.65. The first kappa shape index (κ1) is 18.6. The fourth-order valence-corrected chi connectivity index (χ4v) is 2.77. The van der Waals surface area contributed by atoms with E-state index in [9.17, 15) is 26.4 Å². The summed E-state index contributed by atoms with van der Waals surface area (Å²) in [4.78, 5) is 14.9. The number of pyridine rings is 1. The minimum Gasteiger partial charge on any atom is -0.272 e. The molecule has 0 saturated carbocycles. The highest BCUT2D eigenvalue weighted by Crippen LogP contribution is 2.28. The van der Waals surface area contributed by atoms with Crippen LogP contribution >= 0.6 is 0 Å². The normalized spacial score (nSPS) is 12.3. The predicted molar refractivity (Wildman–Crippen MR) is 83.5 cm³/mol. The van der Waals surface area contributed by atoms with Gasteiger partial charge in [-0.05, 0) is 17.7 Å². The van der Waals surface area contributed by atoms with Crippen molar-refractivity contribution in [3.8, 4) is 0 Å². The molecule has 2 rings (SSSR count). The lowest BCUT2D eigenvalue weighted by atomic mass is 10.2. The van der Waals surface area contributed by atoms with Crippen LogP contribution in [-0.4, -0.2) is 31.3 Å². The van der Waals surface area contributed by atoms with Crippen molar-refractivity contribution in [3.63, 3.8) is 0 Å². The van der Waals surface area contributed by atoms with Crippen LogP contribution in [0.15, 0.2) is 58.8 Å². The van der Waals surface area contributed by atoms with Crippen molar-refractivity contribution in [2.75, 3.05) is 5.75 Å². The van der Waals surface area contributed by atoms with E-state index < -0.39 is 38.3 Å². The lowest BCUT2D eigenvalue weighted by Crippen LogP contribution is -2.27. The number of hydrogen-bond acceptors (Lipinski definition) is 5. The van der Waals surface area contributed by atoms with E-state index in [0.29, 0.717) is 23.9 Å². The zero-order valence-corrected chi connectivity index (χ0v) is 13.4. The molecular weight excluding hydrogens is 359 g/mol. The van der Waals surface area contributed by atoms with Crippen LogP contribution in [0.25, 0.3) is 0 Å². The first-order valence-corrected chi connectivity index (χ1v) is 8.47. The molecule has 0 fully saturated rings. The van der Waals surface area contributed by atoms with Gasteiger partial charge in [-0.3, -0.25) is 4.79 Å². The maximum absolute atomic E-state index is 12.4. The third-order valence-corrected chi connectivity index (χ3v) is 4.43. The molecule has 1 heterocycles. The van der Waals surface area contributed by atoms with Crippen LogP contribution in [0.2, 0.25) is 0 Å². The number of hydrogen-bond donors (Lipinski definition) is 1. The van der Waals surface area contributed by atoms with Gasteiger partial charge in [0.15, 0.2) is 5.03 Å². The van der Waals surface area contributed by atoms with Gasteiger partial charge in [-0.1, -0.05) is 30.3 Å². The first-order chi connectivity index (χ1) is 11.7. The molecule has 2 aromatic rings. The number of nitrogens with zero attached hydrogens (tertiary/aromatic N) is 2. The summed E-state index contributed by atoms with van der Waals surface area (Å²) in [5.74, 6) is -1.92. The summed E-state index contributed by atoms with van der Waals surface area (Å²) >= 11 is 0. The lowest BCUT2D eigenvalue weighted by Gasteiger charge is -2.07. The molecule has 1 aromatic carbocycles. The maximum Gasteiger partial charge on any atom is 0.417 e. The van der Waals surface area contributed by atoms with Gasteiger partial charge in [0.05, 0.1) is 11.8 Å². The first-order valence-electron chi connectivity index (χ1n) is 6.81. The molecule has 10 heteroatoms. The van der Waals surface area contributed by atoms with Gasteiger partial charge in [-0.2, -0.15) is 18.3 Å². The third-order valence-electron chi connectivity index (χ3n) is 2.91. The quantitative estimate of drug-likeness (QED) is 0.643. The second kappa shape index (κ2) is 7.43. The molecule has 0 atom stereocenters. The van der Waals surface area contributed by atoms with E-state index in [2.05, 4.69) is 10.1 Å². The molecule has 25 heavy (non-hydrogen) atoms. The average Bonchev–Trinajstić information content (AvgIpc) is 2.55. The molecule has 0 aliphatic carbocycles. The molecule has 1 N–H and O–H groups in total. The van der Waals surface area contributed by atoms with E-state index in [1.807, 2.05) is 5.43 Å². The number of alkyl halides is 3. The van der Waals surface area contributed by atoms with E-state index in [1.165, 1.54) is 6.21 Å². The number of nitrogens with one attached hydrogen (secondary N) is 1. The average molecular weight is 371 g/mol. The monoisotopic (exact) mass is 371 g/mol. The molecule has 132 valence electrons. The van der Waals surface area contributed by atoms with Gasteiger partial charge in [-0.25, -0.2) is 18.8 Å². The third kappa shape index (κ3) is 5.38. The summed E-state index contributed by atoms with van der Waals surface area (Å²) in [7, 11) is -4.18. The van der Waals surface area contributed by atoms with Gasteiger partial charge < -0.3 is 0 Å². The molecule has 0 spiro atoms. The van der Waals surface area contributed by atoms with Crippen molar-refractivity contribution in [1.82, 2.24) is 10.4 Å². The summed E-state index contributed by atoms with van der Waals surface area (Å²) < 4.78 is 61.3. The highest BCUT2D eigenvalue weighted by molar-refractivity contribution is 7.92. The van der Waals surface area contributed by atoms with Crippen molar-refractivity contribution in [1.29, 1.82) is 0 Å². The molecule has 0 aliphatic rings. The summed E-state index contributed by atoms with van der Waals surface area (Å²) in [5, 5.41) is 2.99. The molecule has 6 nitrogen and oxygen atoms in total. The zero-order chi connectivity index (χ0) is 18.5. The predicted octanol–water partition coefficient (Wildman–Crippen LogP) is 2.02. The number of carbonyl (C=O) groups is 1. The Bertz CT molecular complexity index is 864. The van der Waals surface area contributed by atoms with Crippen molar-refractivity contribution >= 4 is 22.0 Å². The Morgan fingerprint density at radius 1 is 1.16 bits per heavy atom. The van der Waals surface area contributed by atoms with E-state index in [1.54, 1.807) is 30.3 Å². The van der Waals surface area contributed by atoms with E-state index in [-0.39, 0.29) is 0 Å². The summed E-state index contributed by atoms with van der Waals surface area (Å²) in [6, 6.07) is 10.0. The van der Waals surface area contributed by atoms with Gasteiger partial charge in [-0.15, -0.1) is 0 Å². The van der Waals surface area contributed by atoms with Crippen molar-refractivity contribution in [3.05, 3.63) is 59.8 Å². The number of hydrazone groups is 1. The molecule has 0 radical (unpaired) electrons. The Hall–Kier alpha value is -2.75. The fourth-order valence-electron chi connectivity index (χ4n) is 1.73. The molecule has 0 bridgehead atoms. The highest BCUT2D eigenvalue weighted by atomic mass is 32.2. The second-order valence-corrected chi connectivity index (χ2v) is 6.78. The fraction of sp³-hybridized carbons (Fsp3) is 0.133. The number of aromatic nitrogens is 1. The molecule has 0 unspecified atom stereocenters. The SMILES string of the molecule is O=C(CS(=O)(=O)c1ccc(C(F)(F)F)cn1)N/N=C/c1ccccc1. The Morgan fingerprint density at radius 3 is 2.40 bits per heavy atom. The van der Waals surface area contributed by atoms with Crippen LogP contribution in [-0.2, 0) is 20.8 Å².